The van der Waals surface area contributed by atoms with Crippen LogP contribution in [-0.2, 0) is 4.74 Å². The van der Waals surface area contributed by atoms with Crippen molar-refractivity contribution in [1.29, 1.82) is 5.26 Å². The topological polar surface area (TPSA) is 45.0 Å². The molecular weight excluding hydrogens is 183 g/mol. The van der Waals surface area contributed by atoms with Crippen LogP contribution in [0.25, 0.3) is 0 Å². The second-order valence-electron chi connectivity index (χ2n) is 2.76. The van der Waals surface area contributed by atoms with Crippen LogP contribution in [0.3, 0.4) is 0 Å². The summed E-state index contributed by atoms with van der Waals surface area (Å²) in [5.74, 6) is -0.413. The van der Waals surface area contributed by atoms with Crippen LogP contribution in [0.5, 0.6) is 0 Å². The van der Waals surface area contributed by atoms with Crippen molar-refractivity contribution in [2.45, 2.75) is 0 Å². The van der Waals surface area contributed by atoms with Gasteiger partial charge in [-0.2, -0.15) is 5.26 Å². The Hall–Kier alpha value is -1.60. The second-order valence-corrected chi connectivity index (χ2v) is 2.76. The SMILES string of the molecule is COCCNc1cc(F)cc(C#N)c1. The molecule has 0 aliphatic heterocycles. The van der Waals surface area contributed by atoms with E-state index in [-0.39, 0.29) is 0 Å². The van der Waals surface area contributed by atoms with Crippen LogP contribution >= 0.6 is 0 Å². The molecule has 1 N–H and O–H groups in total. The molecule has 0 amide bonds. The van der Waals surface area contributed by atoms with Crippen LogP contribution in [0.4, 0.5) is 10.1 Å². The van der Waals surface area contributed by atoms with Crippen LogP contribution in [0.15, 0.2) is 18.2 Å². The number of hydrogen-bond donors (Lipinski definition) is 1. The van der Waals surface area contributed by atoms with Gasteiger partial charge < -0.3 is 10.1 Å². The molecule has 74 valence electrons. The average molecular weight is 194 g/mol. The monoisotopic (exact) mass is 194 g/mol. The third-order valence-electron chi connectivity index (χ3n) is 1.66. The predicted octanol–water partition coefficient (Wildman–Crippen LogP) is 1.76. The highest BCUT2D eigenvalue weighted by molar-refractivity contribution is 5.49. The van der Waals surface area contributed by atoms with Gasteiger partial charge in [0.15, 0.2) is 0 Å². The number of nitrogens with one attached hydrogen (secondary N) is 1. The molecule has 0 aliphatic carbocycles. The van der Waals surface area contributed by atoms with Gasteiger partial charge in [0, 0.05) is 19.3 Å². The summed E-state index contributed by atoms with van der Waals surface area (Å²) in [7, 11) is 1.59. The summed E-state index contributed by atoms with van der Waals surface area (Å²) in [6.45, 7) is 1.13. The molecule has 0 radical (unpaired) electrons. The van der Waals surface area contributed by atoms with E-state index in [1.54, 1.807) is 13.2 Å². The molecular formula is C10H11FN2O. The Bertz CT molecular complexity index is 346. The molecule has 0 unspecified atom stereocenters. The van der Waals surface area contributed by atoms with Gasteiger partial charge in [-0.1, -0.05) is 0 Å². The van der Waals surface area contributed by atoms with Crippen LogP contribution in [0.1, 0.15) is 5.56 Å². The number of nitrogens with zero attached hydrogens (tertiary/aromatic N) is 1. The summed E-state index contributed by atoms with van der Waals surface area (Å²) in [4.78, 5) is 0. The number of anilines is 1. The lowest BCUT2D eigenvalue weighted by molar-refractivity contribution is 0.211. The summed E-state index contributed by atoms with van der Waals surface area (Å²) in [6.07, 6.45) is 0. The zero-order chi connectivity index (χ0) is 10.4. The first-order valence-corrected chi connectivity index (χ1v) is 4.20. The number of benzene rings is 1. The molecule has 3 nitrogen and oxygen atoms in total. The molecule has 0 spiro atoms. The minimum absolute atomic E-state index is 0.310. The highest BCUT2D eigenvalue weighted by atomic mass is 19.1. The third-order valence-corrected chi connectivity index (χ3v) is 1.66. The molecule has 1 aromatic carbocycles. The van der Waals surface area contributed by atoms with E-state index in [4.69, 9.17) is 10.00 Å². The number of rotatable bonds is 4. The maximum atomic E-state index is 12.9. The molecule has 1 aromatic rings. The number of hydrogen-bond acceptors (Lipinski definition) is 3. The lowest BCUT2D eigenvalue weighted by Gasteiger charge is -2.05. The van der Waals surface area contributed by atoms with Crippen molar-refractivity contribution in [1.82, 2.24) is 0 Å². The number of methoxy groups -OCH3 is 1. The zero-order valence-electron chi connectivity index (χ0n) is 7.88. The Morgan fingerprint density at radius 3 is 2.93 bits per heavy atom. The standard InChI is InChI=1S/C10H11FN2O/c1-14-3-2-13-10-5-8(7-12)4-9(11)6-10/h4-6,13H,2-3H2,1H3. The van der Waals surface area contributed by atoms with Crippen molar-refractivity contribution in [3.63, 3.8) is 0 Å². The van der Waals surface area contributed by atoms with Gasteiger partial charge in [-0.3, -0.25) is 0 Å². The summed E-state index contributed by atoms with van der Waals surface area (Å²) in [6, 6.07) is 6.02. The van der Waals surface area contributed by atoms with Gasteiger partial charge in [0.2, 0.25) is 0 Å². The lowest BCUT2D eigenvalue weighted by Crippen LogP contribution is -2.07. The van der Waals surface area contributed by atoms with E-state index in [9.17, 15) is 4.39 Å². The van der Waals surface area contributed by atoms with Gasteiger partial charge in [0.05, 0.1) is 18.2 Å². The molecule has 0 saturated carbocycles. The van der Waals surface area contributed by atoms with E-state index in [1.165, 1.54) is 12.1 Å². The predicted molar refractivity (Wildman–Crippen MR) is 51.5 cm³/mol. The van der Waals surface area contributed by atoms with Crippen molar-refractivity contribution in [3.05, 3.63) is 29.6 Å². The van der Waals surface area contributed by atoms with Crippen LogP contribution in [0, 0.1) is 17.1 Å². The molecule has 4 heteroatoms. The van der Waals surface area contributed by atoms with Gasteiger partial charge in [-0.25, -0.2) is 4.39 Å². The number of ether oxygens (including phenoxy) is 1. The van der Waals surface area contributed by atoms with Crippen LogP contribution < -0.4 is 5.32 Å². The van der Waals surface area contributed by atoms with E-state index in [1.807, 2.05) is 6.07 Å². The van der Waals surface area contributed by atoms with Gasteiger partial charge in [0.1, 0.15) is 5.82 Å². The fourth-order valence-corrected chi connectivity index (χ4v) is 1.05. The Morgan fingerprint density at radius 2 is 2.29 bits per heavy atom. The van der Waals surface area contributed by atoms with Crippen LogP contribution in [-0.4, -0.2) is 20.3 Å². The van der Waals surface area contributed by atoms with Crippen molar-refractivity contribution in [3.8, 4) is 6.07 Å². The molecule has 0 heterocycles. The summed E-state index contributed by atoms with van der Waals surface area (Å²) in [5.41, 5.74) is 0.906. The maximum Gasteiger partial charge on any atom is 0.126 e. The fourth-order valence-electron chi connectivity index (χ4n) is 1.05. The average Bonchev–Trinajstić information content (AvgIpc) is 2.17. The summed E-state index contributed by atoms with van der Waals surface area (Å²) >= 11 is 0. The Kier molecular flexibility index (Phi) is 3.89. The first-order valence-electron chi connectivity index (χ1n) is 4.20. The molecule has 0 bridgehead atoms. The fraction of sp³-hybridized carbons (Fsp3) is 0.300. The molecule has 0 aromatic heterocycles. The summed E-state index contributed by atoms with van der Waals surface area (Å²) < 4.78 is 17.7. The normalized spacial score (nSPS) is 9.50. The highest BCUT2D eigenvalue weighted by Crippen LogP contribution is 2.12. The maximum absolute atomic E-state index is 12.9. The minimum atomic E-state index is -0.413. The van der Waals surface area contributed by atoms with Crippen molar-refractivity contribution >= 4 is 5.69 Å². The third kappa shape index (κ3) is 3.04. The quantitative estimate of drug-likeness (QED) is 0.743. The smallest absolute Gasteiger partial charge is 0.126 e. The minimum Gasteiger partial charge on any atom is -0.383 e. The Labute approximate surface area is 82.1 Å². The first kappa shape index (κ1) is 10.5. The second kappa shape index (κ2) is 5.20. The molecule has 0 atom stereocenters. The lowest BCUT2D eigenvalue weighted by atomic mass is 10.2. The van der Waals surface area contributed by atoms with Gasteiger partial charge in [-0.15, -0.1) is 0 Å². The molecule has 0 aliphatic rings. The van der Waals surface area contributed by atoms with Crippen LogP contribution in [0.2, 0.25) is 0 Å². The molecule has 0 fully saturated rings. The molecule has 14 heavy (non-hydrogen) atoms. The van der Waals surface area contributed by atoms with Gasteiger partial charge in [-0.05, 0) is 18.2 Å². The molecule has 1 rings (SSSR count). The number of halogens is 1. The highest BCUT2D eigenvalue weighted by Gasteiger charge is 1.99. The van der Waals surface area contributed by atoms with Crippen molar-refractivity contribution < 1.29 is 9.13 Å². The Balaban J connectivity index is 2.68. The summed E-state index contributed by atoms with van der Waals surface area (Å²) in [5, 5.41) is 11.5. The van der Waals surface area contributed by atoms with Crippen molar-refractivity contribution in [2.24, 2.45) is 0 Å². The molecule has 0 saturated heterocycles. The van der Waals surface area contributed by atoms with Gasteiger partial charge >= 0.3 is 0 Å². The number of nitriles is 1. The Morgan fingerprint density at radius 1 is 1.50 bits per heavy atom. The van der Waals surface area contributed by atoms with Crippen molar-refractivity contribution in [2.75, 3.05) is 25.6 Å². The first-order chi connectivity index (χ1) is 6.76. The van der Waals surface area contributed by atoms with E-state index in [0.29, 0.717) is 24.4 Å². The van der Waals surface area contributed by atoms with E-state index in [0.717, 1.165) is 0 Å². The van der Waals surface area contributed by atoms with E-state index >= 15 is 0 Å². The van der Waals surface area contributed by atoms with Gasteiger partial charge in [0.25, 0.3) is 0 Å². The van der Waals surface area contributed by atoms with E-state index in [2.05, 4.69) is 5.32 Å². The van der Waals surface area contributed by atoms with E-state index < -0.39 is 5.82 Å². The zero-order valence-corrected chi connectivity index (χ0v) is 7.88. The largest absolute Gasteiger partial charge is 0.383 e.